The number of hydrogen-bond donors (Lipinski definition) is 1. The lowest BCUT2D eigenvalue weighted by Crippen LogP contribution is -2.34. The molecule has 0 saturated heterocycles. The maximum atomic E-state index is 5.56. The molecule has 0 radical (unpaired) electrons. The van der Waals surface area contributed by atoms with Crippen LogP contribution >= 0.6 is 23.6 Å². The molecule has 0 aliphatic rings. The van der Waals surface area contributed by atoms with Crippen molar-refractivity contribution < 1.29 is 0 Å². The summed E-state index contributed by atoms with van der Waals surface area (Å²) in [6, 6.07) is 4.27. The van der Waals surface area contributed by atoms with Crippen molar-refractivity contribution in [3.8, 4) is 0 Å². The van der Waals surface area contributed by atoms with Gasteiger partial charge in [-0.2, -0.15) is 0 Å². The fourth-order valence-electron chi connectivity index (χ4n) is 1.53. The topological polar surface area (TPSA) is 29.3 Å². The van der Waals surface area contributed by atoms with Gasteiger partial charge in [0.05, 0.1) is 4.99 Å². The Bertz CT molecular complexity index is 283. The van der Waals surface area contributed by atoms with E-state index in [0.717, 1.165) is 32.5 Å². The molecule has 1 heterocycles. The Hall–Kier alpha value is -0.450. The Kier molecular flexibility index (Phi) is 5.83. The molecule has 0 bridgehead atoms. The largest absolute Gasteiger partial charge is 0.392 e. The van der Waals surface area contributed by atoms with Gasteiger partial charge in [-0.3, -0.25) is 4.90 Å². The summed E-state index contributed by atoms with van der Waals surface area (Å²) in [6.07, 6.45) is 2.24. The molecule has 1 rings (SSSR count). The van der Waals surface area contributed by atoms with E-state index in [1.807, 2.05) is 11.3 Å². The lowest BCUT2D eigenvalue weighted by atomic mass is 10.3. The SMILES string of the molecule is CCCN(CCc1cccs1)CC(N)=S. The minimum Gasteiger partial charge on any atom is -0.392 e. The molecule has 0 saturated carbocycles. The van der Waals surface area contributed by atoms with Crippen LogP contribution in [0, 0.1) is 0 Å². The molecule has 0 aliphatic carbocycles. The van der Waals surface area contributed by atoms with Gasteiger partial charge < -0.3 is 5.73 Å². The number of nitrogens with two attached hydrogens (primary N) is 1. The highest BCUT2D eigenvalue weighted by atomic mass is 32.1. The van der Waals surface area contributed by atoms with E-state index in [1.165, 1.54) is 4.88 Å². The van der Waals surface area contributed by atoms with Crippen LogP contribution in [-0.2, 0) is 6.42 Å². The van der Waals surface area contributed by atoms with Gasteiger partial charge in [-0.15, -0.1) is 11.3 Å². The van der Waals surface area contributed by atoms with Crippen LogP contribution in [0.2, 0.25) is 0 Å². The molecular weight excluding hydrogens is 224 g/mol. The minimum absolute atomic E-state index is 0.592. The van der Waals surface area contributed by atoms with E-state index in [-0.39, 0.29) is 0 Å². The van der Waals surface area contributed by atoms with Gasteiger partial charge in [0.15, 0.2) is 0 Å². The molecule has 0 spiro atoms. The third-order valence-electron chi connectivity index (χ3n) is 2.17. The Balaban J connectivity index is 2.34. The van der Waals surface area contributed by atoms with E-state index in [4.69, 9.17) is 18.0 Å². The summed E-state index contributed by atoms with van der Waals surface area (Å²) in [5, 5.41) is 2.12. The second kappa shape index (κ2) is 6.93. The second-order valence-electron chi connectivity index (χ2n) is 3.57. The van der Waals surface area contributed by atoms with Crippen LogP contribution in [0.25, 0.3) is 0 Å². The monoisotopic (exact) mass is 242 g/mol. The van der Waals surface area contributed by atoms with Gasteiger partial charge >= 0.3 is 0 Å². The normalized spacial score (nSPS) is 10.8. The first-order chi connectivity index (χ1) is 7.22. The molecule has 15 heavy (non-hydrogen) atoms. The molecule has 2 nitrogen and oxygen atoms in total. The summed E-state index contributed by atoms with van der Waals surface area (Å²) in [4.78, 5) is 4.34. The van der Waals surface area contributed by atoms with Gasteiger partial charge in [-0.05, 0) is 30.8 Å². The van der Waals surface area contributed by atoms with Gasteiger partial charge in [-0.25, -0.2) is 0 Å². The highest BCUT2D eigenvalue weighted by Crippen LogP contribution is 2.09. The average molecular weight is 242 g/mol. The smallest absolute Gasteiger partial charge is 0.0870 e. The molecule has 0 fully saturated rings. The molecule has 2 N–H and O–H groups in total. The van der Waals surface area contributed by atoms with E-state index >= 15 is 0 Å². The van der Waals surface area contributed by atoms with Gasteiger partial charge in [0, 0.05) is 18.0 Å². The van der Waals surface area contributed by atoms with Crippen molar-refractivity contribution in [1.82, 2.24) is 4.90 Å². The lowest BCUT2D eigenvalue weighted by molar-refractivity contribution is 0.317. The maximum Gasteiger partial charge on any atom is 0.0870 e. The number of nitrogens with zero attached hydrogens (tertiary/aromatic N) is 1. The fourth-order valence-corrected chi connectivity index (χ4v) is 2.41. The number of thiocarbonyl (C=S) groups is 1. The Labute approximate surface area is 101 Å². The summed E-state index contributed by atoms with van der Waals surface area (Å²) in [5.41, 5.74) is 5.56. The molecular formula is C11H18N2S2. The molecule has 0 aliphatic heterocycles. The average Bonchev–Trinajstić information content (AvgIpc) is 2.66. The third kappa shape index (κ3) is 5.25. The highest BCUT2D eigenvalue weighted by Gasteiger charge is 2.05. The van der Waals surface area contributed by atoms with Crippen molar-refractivity contribution in [2.45, 2.75) is 19.8 Å². The van der Waals surface area contributed by atoms with E-state index < -0.39 is 0 Å². The van der Waals surface area contributed by atoms with Gasteiger partial charge in [-0.1, -0.05) is 25.2 Å². The fraction of sp³-hybridized carbons (Fsp3) is 0.545. The van der Waals surface area contributed by atoms with Crippen molar-refractivity contribution in [3.63, 3.8) is 0 Å². The summed E-state index contributed by atoms with van der Waals surface area (Å²) in [5.74, 6) is 0. The van der Waals surface area contributed by atoms with Crippen LogP contribution in [0.5, 0.6) is 0 Å². The van der Waals surface area contributed by atoms with Crippen LogP contribution < -0.4 is 5.73 Å². The van der Waals surface area contributed by atoms with Crippen molar-refractivity contribution in [1.29, 1.82) is 0 Å². The number of rotatable bonds is 7. The zero-order valence-electron chi connectivity index (χ0n) is 9.11. The Morgan fingerprint density at radius 3 is 2.87 bits per heavy atom. The molecule has 0 aromatic carbocycles. The van der Waals surface area contributed by atoms with Crippen LogP contribution in [0.1, 0.15) is 18.2 Å². The van der Waals surface area contributed by atoms with Crippen molar-refractivity contribution in [2.24, 2.45) is 5.73 Å². The molecule has 0 amide bonds. The molecule has 84 valence electrons. The summed E-state index contributed by atoms with van der Waals surface area (Å²) in [6.45, 7) is 5.04. The standard InChI is InChI=1S/C11H18N2S2/c1-2-6-13(9-11(12)14)7-5-10-4-3-8-15-10/h3-4,8H,2,5-7,9H2,1H3,(H2,12,14). The molecule has 0 atom stereocenters. The van der Waals surface area contributed by atoms with E-state index in [1.54, 1.807) is 0 Å². The summed E-state index contributed by atoms with van der Waals surface area (Å²) >= 11 is 6.75. The number of hydrogen-bond acceptors (Lipinski definition) is 3. The van der Waals surface area contributed by atoms with Crippen LogP contribution in [0.4, 0.5) is 0 Å². The number of thiophene rings is 1. The van der Waals surface area contributed by atoms with Crippen LogP contribution in [0.15, 0.2) is 17.5 Å². The van der Waals surface area contributed by atoms with Crippen molar-refractivity contribution >= 4 is 28.5 Å². The molecule has 0 unspecified atom stereocenters. The Morgan fingerprint density at radius 1 is 1.53 bits per heavy atom. The van der Waals surface area contributed by atoms with Crippen LogP contribution in [-0.4, -0.2) is 29.5 Å². The summed E-state index contributed by atoms with van der Waals surface area (Å²) < 4.78 is 0. The quantitative estimate of drug-likeness (QED) is 0.744. The minimum atomic E-state index is 0.592. The molecule has 4 heteroatoms. The van der Waals surface area contributed by atoms with E-state index in [0.29, 0.717) is 4.99 Å². The second-order valence-corrected chi connectivity index (χ2v) is 5.13. The van der Waals surface area contributed by atoms with Gasteiger partial charge in [0.25, 0.3) is 0 Å². The van der Waals surface area contributed by atoms with Crippen molar-refractivity contribution in [3.05, 3.63) is 22.4 Å². The first-order valence-corrected chi connectivity index (χ1v) is 6.54. The first kappa shape index (κ1) is 12.6. The summed E-state index contributed by atoms with van der Waals surface area (Å²) in [7, 11) is 0. The van der Waals surface area contributed by atoms with Gasteiger partial charge in [0.1, 0.15) is 0 Å². The predicted molar refractivity (Wildman–Crippen MR) is 71.5 cm³/mol. The Morgan fingerprint density at radius 2 is 2.33 bits per heavy atom. The molecule has 1 aromatic heterocycles. The zero-order chi connectivity index (χ0) is 11.1. The highest BCUT2D eigenvalue weighted by molar-refractivity contribution is 7.80. The van der Waals surface area contributed by atoms with Crippen molar-refractivity contribution in [2.75, 3.05) is 19.6 Å². The van der Waals surface area contributed by atoms with Gasteiger partial charge in [0.2, 0.25) is 0 Å². The molecule has 1 aromatic rings. The zero-order valence-corrected chi connectivity index (χ0v) is 10.7. The predicted octanol–water partition coefficient (Wildman–Crippen LogP) is 2.29. The third-order valence-corrected chi connectivity index (χ3v) is 3.24. The maximum absolute atomic E-state index is 5.56. The lowest BCUT2D eigenvalue weighted by Gasteiger charge is -2.20. The van der Waals surface area contributed by atoms with Crippen LogP contribution in [0.3, 0.4) is 0 Å². The first-order valence-electron chi connectivity index (χ1n) is 5.25. The van der Waals surface area contributed by atoms with E-state index in [9.17, 15) is 0 Å². The van der Waals surface area contributed by atoms with E-state index in [2.05, 4.69) is 29.3 Å².